The summed E-state index contributed by atoms with van der Waals surface area (Å²) >= 11 is 0. The van der Waals surface area contributed by atoms with Crippen LogP contribution in [0.15, 0.2) is 48.5 Å². The highest BCUT2D eigenvalue weighted by molar-refractivity contribution is 5.76. The first-order valence-corrected chi connectivity index (χ1v) is 6.76. The molecule has 1 aromatic heterocycles. The third-order valence-corrected chi connectivity index (χ3v) is 3.39. The molecule has 3 rings (SSSR count). The Hall–Kier alpha value is -2.47. The van der Waals surface area contributed by atoms with Crippen molar-refractivity contribution in [3.05, 3.63) is 59.9 Å². The minimum absolute atomic E-state index is 0.124. The van der Waals surface area contributed by atoms with Crippen molar-refractivity contribution in [1.82, 2.24) is 9.55 Å². The molecular formula is C16H14F2N2O2. The fourth-order valence-corrected chi connectivity index (χ4v) is 2.44. The van der Waals surface area contributed by atoms with Crippen molar-refractivity contribution in [2.75, 3.05) is 0 Å². The number of rotatable bonds is 5. The first-order valence-electron chi connectivity index (χ1n) is 6.76. The number of aliphatic hydroxyl groups is 1. The quantitative estimate of drug-likeness (QED) is 0.787. The van der Waals surface area contributed by atoms with Crippen molar-refractivity contribution in [2.24, 2.45) is 0 Å². The largest absolute Gasteiger partial charge is 0.434 e. The Morgan fingerprint density at radius 2 is 1.82 bits per heavy atom. The van der Waals surface area contributed by atoms with E-state index in [0.29, 0.717) is 17.9 Å². The molecule has 0 aliphatic heterocycles. The molecule has 0 saturated heterocycles. The first-order chi connectivity index (χ1) is 10.7. The van der Waals surface area contributed by atoms with Gasteiger partial charge in [-0.2, -0.15) is 8.78 Å². The molecule has 0 aliphatic rings. The number of ether oxygens (including phenoxy) is 1. The van der Waals surface area contributed by atoms with Gasteiger partial charge in [-0.05, 0) is 18.2 Å². The van der Waals surface area contributed by atoms with Crippen molar-refractivity contribution in [1.29, 1.82) is 0 Å². The van der Waals surface area contributed by atoms with Crippen LogP contribution in [-0.2, 0) is 13.2 Å². The van der Waals surface area contributed by atoms with Gasteiger partial charge in [0, 0.05) is 5.56 Å². The van der Waals surface area contributed by atoms with Crippen LogP contribution < -0.4 is 4.74 Å². The molecule has 114 valence electrons. The molecule has 6 heteroatoms. The molecule has 4 nitrogen and oxygen atoms in total. The number of hydrogen-bond acceptors (Lipinski definition) is 3. The van der Waals surface area contributed by atoms with Gasteiger partial charge in [0.1, 0.15) is 18.2 Å². The molecule has 2 aromatic carbocycles. The van der Waals surface area contributed by atoms with Crippen LogP contribution in [0.4, 0.5) is 8.78 Å². The Balaban J connectivity index is 2.03. The maximum atomic E-state index is 12.5. The second kappa shape index (κ2) is 6.11. The average Bonchev–Trinajstić information content (AvgIpc) is 2.87. The van der Waals surface area contributed by atoms with Crippen LogP contribution in [0.2, 0.25) is 0 Å². The molecule has 1 heterocycles. The molecule has 0 saturated carbocycles. The summed E-state index contributed by atoms with van der Waals surface area (Å²) in [5.74, 6) is 0.604. The first kappa shape index (κ1) is 14.5. The summed E-state index contributed by atoms with van der Waals surface area (Å²) in [5.41, 5.74) is 2.18. The van der Waals surface area contributed by atoms with Crippen LogP contribution in [-0.4, -0.2) is 21.3 Å². The Labute approximate surface area is 125 Å². The molecular weight excluding hydrogens is 290 g/mol. The summed E-state index contributed by atoms with van der Waals surface area (Å²) in [6, 6.07) is 14.0. The van der Waals surface area contributed by atoms with Crippen molar-refractivity contribution in [2.45, 2.75) is 19.8 Å². The van der Waals surface area contributed by atoms with Gasteiger partial charge in [0.05, 0.1) is 17.6 Å². The van der Waals surface area contributed by atoms with Gasteiger partial charge in [-0.15, -0.1) is 0 Å². The van der Waals surface area contributed by atoms with E-state index < -0.39 is 6.61 Å². The fraction of sp³-hybridized carbons (Fsp3) is 0.188. The molecule has 0 unspecified atom stereocenters. The number of aliphatic hydroxyl groups excluding tert-OH is 1. The summed E-state index contributed by atoms with van der Waals surface area (Å²) in [6.45, 7) is -2.82. The van der Waals surface area contributed by atoms with Gasteiger partial charge in [-0.3, -0.25) is 0 Å². The number of fused-ring (bicyclic) bond motifs is 1. The van der Waals surface area contributed by atoms with Crippen molar-refractivity contribution >= 4 is 11.0 Å². The van der Waals surface area contributed by atoms with Gasteiger partial charge in [-0.25, -0.2) is 4.98 Å². The number of aromatic nitrogens is 2. The van der Waals surface area contributed by atoms with E-state index in [-0.39, 0.29) is 12.4 Å². The fourth-order valence-electron chi connectivity index (χ4n) is 2.44. The molecule has 22 heavy (non-hydrogen) atoms. The molecule has 0 spiro atoms. The van der Waals surface area contributed by atoms with Crippen molar-refractivity contribution in [3.8, 4) is 5.75 Å². The normalized spacial score (nSPS) is 11.3. The third-order valence-electron chi connectivity index (χ3n) is 3.39. The molecule has 0 amide bonds. The summed E-state index contributed by atoms with van der Waals surface area (Å²) in [7, 11) is 0. The smallest absolute Gasteiger partial charge is 0.387 e. The van der Waals surface area contributed by atoms with E-state index >= 15 is 0 Å². The standard InChI is InChI=1S/C16H14F2N2O2/c17-16(18)22-14-8-4-1-5-11(14)9-20-13-7-3-2-6-12(13)19-15(20)10-21/h1-8,16,21H,9-10H2. The van der Waals surface area contributed by atoms with Gasteiger partial charge in [0.15, 0.2) is 0 Å². The highest BCUT2D eigenvalue weighted by Crippen LogP contribution is 2.24. The van der Waals surface area contributed by atoms with Crippen LogP contribution in [0, 0.1) is 0 Å². The monoisotopic (exact) mass is 304 g/mol. The van der Waals surface area contributed by atoms with E-state index in [4.69, 9.17) is 0 Å². The molecule has 0 aliphatic carbocycles. The molecule has 0 radical (unpaired) electrons. The average molecular weight is 304 g/mol. The van der Waals surface area contributed by atoms with Gasteiger partial charge in [-0.1, -0.05) is 30.3 Å². The zero-order valence-electron chi connectivity index (χ0n) is 11.6. The van der Waals surface area contributed by atoms with Gasteiger partial charge < -0.3 is 14.4 Å². The van der Waals surface area contributed by atoms with Gasteiger partial charge in [0.2, 0.25) is 0 Å². The number of halogens is 2. The number of hydrogen-bond donors (Lipinski definition) is 1. The predicted octanol–water partition coefficient (Wildman–Crippen LogP) is 3.18. The second-order valence-corrected chi connectivity index (χ2v) is 4.75. The summed E-state index contributed by atoms with van der Waals surface area (Å²) in [5, 5.41) is 9.48. The number of benzene rings is 2. The number of imidazole rings is 1. The van der Waals surface area contributed by atoms with Crippen LogP contribution in [0.1, 0.15) is 11.4 Å². The Morgan fingerprint density at radius 1 is 1.09 bits per heavy atom. The zero-order valence-corrected chi connectivity index (χ0v) is 11.6. The molecule has 0 atom stereocenters. The lowest BCUT2D eigenvalue weighted by molar-refractivity contribution is -0.0504. The van der Waals surface area contributed by atoms with Crippen molar-refractivity contribution < 1.29 is 18.6 Å². The van der Waals surface area contributed by atoms with Crippen LogP contribution in [0.3, 0.4) is 0 Å². The van der Waals surface area contributed by atoms with Crippen LogP contribution >= 0.6 is 0 Å². The summed E-state index contributed by atoms with van der Waals surface area (Å²) < 4.78 is 31.3. The predicted molar refractivity (Wildman–Crippen MR) is 77.8 cm³/mol. The highest BCUT2D eigenvalue weighted by Gasteiger charge is 2.14. The third kappa shape index (κ3) is 2.78. The summed E-state index contributed by atoms with van der Waals surface area (Å²) in [4.78, 5) is 4.34. The van der Waals surface area contributed by atoms with E-state index in [1.54, 1.807) is 22.8 Å². The zero-order chi connectivity index (χ0) is 15.5. The number of nitrogens with zero attached hydrogens (tertiary/aromatic N) is 2. The van der Waals surface area contributed by atoms with E-state index in [9.17, 15) is 13.9 Å². The molecule has 0 bridgehead atoms. The Bertz CT molecular complexity index is 787. The molecule has 1 N–H and O–H groups in total. The topological polar surface area (TPSA) is 47.3 Å². The maximum absolute atomic E-state index is 12.5. The van der Waals surface area contributed by atoms with Crippen LogP contribution in [0.25, 0.3) is 11.0 Å². The van der Waals surface area contributed by atoms with E-state index in [0.717, 1.165) is 11.0 Å². The van der Waals surface area contributed by atoms with E-state index in [1.165, 1.54) is 6.07 Å². The second-order valence-electron chi connectivity index (χ2n) is 4.75. The van der Waals surface area contributed by atoms with Gasteiger partial charge >= 0.3 is 6.61 Å². The van der Waals surface area contributed by atoms with Crippen LogP contribution in [0.5, 0.6) is 5.75 Å². The van der Waals surface area contributed by atoms with Crippen molar-refractivity contribution in [3.63, 3.8) is 0 Å². The van der Waals surface area contributed by atoms with Gasteiger partial charge in [0.25, 0.3) is 0 Å². The SMILES string of the molecule is OCc1nc2ccccc2n1Cc1ccccc1OC(F)F. The minimum atomic E-state index is -2.88. The van der Waals surface area contributed by atoms with E-state index in [2.05, 4.69) is 9.72 Å². The lowest BCUT2D eigenvalue weighted by Crippen LogP contribution is -2.09. The minimum Gasteiger partial charge on any atom is -0.434 e. The lowest BCUT2D eigenvalue weighted by atomic mass is 10.2. The number of para-hydroxylation sites is 3. The number of alkyl halides is 2. The van der Waals surface area contributed by atoms with E-state index in [1.807, 2.05) is 24.3 Å². The Morgan fingerprint density at radius 3 is 2.59 bits per heavy atom. The molecule has 3 aromatic rings. The maximum Gasteiger partial charge on any atom is 0.387 e. The lowest BCUT2D eigenvalue weighted by Gasteiger charge is -2.13. The summed E-state index contributed by atoms with van der Waals surface area (Å²) in [6.07, 6.45) is 0. The Kier molecular flexibility index (Phi) is 4.02. The highest BCUT2D eigenvalue weighted by atomic mass is 19.3. The molecule has 0 fully saturated rings.